The Hall–Kier alpha value is -2.83. The number of hydrogen-bond acceptors (Lipinski definition) is 6. The zero-order chi connectivity index (χ0) is 19.9. The molecule has 28 heavy (non-hydrogen) atoms. The van der Waals surface area contributed by atoms with Crippen LogP contribution < -0.4 is 10.6 Å². The van der Waals surface area contributed by atoms with Crippen LogP contribution in [0.25, 0.3) is 11.3 Å². The molecule has 0 amide bonds. The molecule has 3 rings (SSSR count). The minimum Gasteiger partial charge on any atom is -0.508 e. The van der Waals surface area contributed by atoms with E-state index in [1.54, 1.807) is 12.1 Å². The van der Waals surface area contributed by atoms with Crippen LogP contribution in [-0.2, 0) is 0 Å². The smallest absolute Gasteiger partial charge is 0.225 e. The van der Waals surface area contributed by atoms with Crippen molar-refractivity contribution >= 4 is 29.1 Å². The second-order valence-electron chi connectivity index (χ2n) is 6.70. The number of phenols is 1. The van der Waals surface area contributed by atoms with Gasteiger partial charge in [0.25, 0.3) is 0 Å². The van der Waals surface area contributed by atoms with Gasteiger partial charge in [0, 0.05) is 24.2 Å². The summed E-state index contributed by atoms with van der Waals surface area (Å²) in [5.41, 5.74) is 2.47. The van der Waals surface area contributed by atoms with E-state index in [-0.39, 0.29) is 5.75 Å². The lowest BCUT2D eigenvalue weighted by Gasteiger charge is -2.13. The van der Waals surface area contributed by atoms with E-state index in [1.165, 1.54) is 6.07 Å². The predicted molar refractivity (Wildman–Crippen MR) is 116 cm³/mol. The van der Waals surface area contributed by atoms with Gasteiger partial charge in [0.05, 0.1) is 16.4 Å². The van der Waals surface area contributed by atoms with Crippen LogP contribution in [0.3, 0.4) is 0 Å². The van der Waals surface area contributed by atoms with Crippen molar-refractivity contribution in [3.63, 3.8) is 0 Å². The van der Waals surface area contributed by atoms with E-state index in [1.807, 2.05) is 36.4 Å². The third-order valence-electron chi connectivity index (χ3n) is 4.08. The van der Waals surface area contributed by atoms with Gasteiger partial charge in [0.15, 0.2) is 0 Å². The third kappa shape index (κ3) is 5.58. The molecule has 0 unspecified atom stereocenters. The monoisotopic (exact) mass is 397 g/mol. The van der Waals surface area contributed by atoms with Crippen LogP contribution in [0.5, 0.6) is 5.75 Å². The number of anilines is 3. The van der Waals surface area contributed by atoms with Crippen molar-refractivity contribution in [1.82, 2.24) is 14.9 Å². The molecule has 0 aliphatic rings. The van der Waals surface area contributed by atoms with Gasteiger partial charge in [-0.1, -0.05) is 41.9 Å². The standard InChI is InChI=1S/C21H24ClN5O/c1-27(2)12-6-11-23-21-25-19(15-7-4-3-5-8-15)14-20(26-21)24-18-10-9-16(28)13-17(18)22/h3-5,7-10,13-14,28H,6,11-12H2,1-2H3,(H2,23,24,25,26). The molecule has 3 aromatic rings. The molecule has 1 aromatic heterocycles. The zero-order valence-electron chi connectivity index (χ0n) is 16.0. The van der Waals surface area contributed by atoms with Gasteiger partial charge in [-0.3, -0.25) is 0 Å². The van der Waals surface area contributed by atoms with Crippen LogP contribution in [-0.4, -0.2) is 47.2 Å². The largest absolute Gasteiger partial charge is 0.508 e. The van der Waals surface area contributed by atoms with Gasteiger partial charge in [-0.05, 0) is 39.2 Å². The number of benzene rings is 2. The highest BCUT2D eigenvalue weighted by atomic mass is 35.5. The fraction of sp³-hybridized carbons (Fsp3) is 0.238. The highest BCUT2D eigenvalue weighted by Crippen LogP contribution is 2.30. The molecular weight excluding hydrogens is 374 g/mol. The summed E-state index contributed by atoms with van der Waals surface area (Å²) in [6, 6.07) is 16.6. The topological polar surface area (TPSA) is 73.3 Å². The van der Waals surface area contributed by atoms with Crippen LogP contribution in [0, 0.1) is 0 Å². The van der Waals surface area contributed by atoms with Crippen LogP contribution >= 0.6 is 11.6 Å². The number of halogens is 1. The van der Waals surface area contributed by atoms with Crippen molar-refractivity contribution in [3.05, 3.63) is 59.6 Å². The minimum atomic E-state index is 0.117. The first-order valence-electron chi connectivity index (χ1n) is 9.10. The Kier molecular flexibility index (Phi) is 6.68. The first-order chi connectivity index (χ1) is 13.5. The fourth-order valence-corrected chi connectivity index (χ4v) is 2.91. The van der Waals surface area contributed by atoms with Crippen LogP contribution in [0.15, 0.2) is 54.6 Å². The highest BCUT2D eigenvalue weighted by molar-refractivity contribution is 6.33. The van der Waals surface area contributed by atoms with E-state index in [4.69, 9.17) is 11.6 Å². The first kappa shape index (κ1) is 19.9. The van der Waals surface area contributed by atoms with E-state index in [0.717, 1.165) is 30.8 Å². The Morgan fingerprint density at radius 2 is 1.82 bits per heavy atom. The molecule has 7 heteroatoms. The van der Waals surface area contributed by atoms with Crippen molar-refractivity contribution in [2.45, 2.75) is 6.42 Å². The predicted octanol–water partition coefficient (Wildman–Crippen LogP) is 4.61. The number of nitrogens with one attached hydrogen (secondary N) is 2. The molecule has 0 bridgehead atoms. The van der Waals surface area contributed by atoms with Crippen LogP contribution in [0.4, 0.5) is 17.5 Å². The van der Waals surface area contributed by atoms with Crippen molar-refractivity contribution < 1.29 is 5.11 Å². The summed E-state index contributed by atoms with van der Waals surface area (Å²) in [5, 5.41) is 16.5. The molecule has 0 spiro atoms. The summed E-state index contributed by atoms with van der Waals surface area (Å²) in [5.74, 6) is 1.29. The molecule has 0 saturated carbocycles. The van der Waals surface area contributed by atoms with E-state index in [9.17, 15) is 5.11 Å². The minimum absolute atomic E-state index is 0.117. The fourth-order valence-electron chi connectivity index (χ4n) is 2.69. The molecule has 0 saturated heterocycles. The highest BCUT2D eigenvalue weighted by Gasteiger charge is 2.09. The van der Waals surface area contributed by atoms with Gasteiger partial charge >= 0.3 is 0 Å². The average molecular weight is 398 g/mol. The third-order valence-corrected chi connectivity index (χ3v) is 4.39. The number of hydrogen-bond donors (Lipinski definition) is 3. The molecule has 0 atom stereocenters. The van der Waals surface area contributed by atoms with Crippen LogP contribution in [0.2, 0.25) is 5.02 Å². The van der Waals surface area contributed by atoms with Gasteiger partial charge < -0.3 is 20.6 Å². The molecule has 0 aliphatic heterocycles. The van der Waals surface area contributed by atoms with Crippen LogP contribution in [0.1, 0.15) is 6.42 Å². The van der Waals surface area contributed by atoms with Crippen molar-refractivity contribution in [1.29, 1.82) is 0 Å². The van der Waals surface area contributed by atoms with Crippen molar-refractivity contribution in [3.8, 4) is 17.0 Å². The molecule has 6 nitrogen and oxygen atoms in total. The normalized spacial score (nSPS) is 10.9. The SMILES string of the molecule is CN(C)CCCNc1nc(Nc2ccc(O)cc2Cl)cc(-c2ccccc2)n1. The van der Waals surface area contributed by atoms with E-state index >= 15 is 0 Å². The number of rotatable bonds is 8. The lowest BCUT2D eigenvalue weighted by atomic mass is 10.1. The lowest BCUT2D eigenvalue weighted by molar-refractivity contribution is 0.405. The summed E-state index contributed by atoms with van der Waals surface area (Å²) < 4.78 is 0. The van der Waals surface area contributed by atoms with Gasteiger partial charge in [-0.2, -0.15) is 4.98 Å². The molecule has 3 N–H and O–H groups in total. The van der Waals surface area contributed by atoms with E-state index in [0.29, 0.717) is 22.5 Å². The maximum atomic E-state index is 9.55. The van der Waals surface area contributed by atoms with Gasteiger partial charge in [0.1, 0.15) is 11.6 Å². The molecule has 0 radical (unpaired) electrons. The lowest BCUT2D eigenvalue weighted by Crippen LogP contribution is -2.17. The van der Waals surface area contributed by atoms with Gasteiger partial charge in [0.2, 0.25) is 5.95 Å². The second-order valence-corrected chi connectivity index (χ2v) is 7.11. The Bertz CT molecular complexity index is 918. The summed E-state index contributed by atoms with van der Waals surface area (Å²) >= 11 is 6.22. The van der Waals surface area contributed by atoms with E-state index in [2.05, 4.69) is 39.6 Å². The van der Waals surface area contributed by atoms with Gasteiger partial charge in [-0.15, -0.1) is 0 Å². The van der Waals surface area contributed by atoms with Gasteiger partial charge in [-0.25, -0.2) is 4.98 Å². The summed E-state index contributed by atoms with van der Waals surface area (Å²) in [6.45, 7) is 1.76. The second kappa shape index (κ2) is 9.39. The summed E-state index contributed by atoms with van der Waals surface area (Å²) in [7, 11) is 4.10. The van der Waals surface area contributed by atoms with Crippen molar-refractivity contribution in [2.24, 2.45) is 0 Å². The molecule has 1 heterocycles. The molecule has 2 aromatic carbocycles. The average Bonchev–Trinajstić information content (AvgIpc) is 2.68. The molecule has 146 valence electrons. The maximum Gasteiger partial charge on any atom is 0.225 e. The maximum absolute atomic E-state index is 9.55. The number of nitrogens with zero attached hydrogens (tertiary/aromatic N) is 3. The Labute approximate surface area is 170 Å². The molecule has 0 fully saturated rings. The number of aromatic nitrogens is 2. The van der Waals surface area contributed by atoms with E-state index < -0.39 is 0 Å². The Morgan fingerprint density at radius 3 is 2.54 bits per heavy atom. The Morgan fingerprint density at radius 1 is 1.04 bits per heavy atom. The summed E-state index contributed by atoms with van der Waals surface area (Å²) in [4.78, 5) is 11.4. The summed E-state index contributed by atoms with van der Waals surface area (Å²) in [6.07, 6.45) is 0.985. The van der Waals surface area contributed by atoms with Crippen molar-refractivity contribution in [2.75, 3.05) is 37.8 Å². The molecular formula is C21H24ClN5O. The first-order valence-corrected chi connectivity index (χ1v) is 9.48. The number of phenolic OH excluding ortho intramolecular Hbond substituents is 1. The molecule has 0 aliphatic carbocycles. The number of aromatic hydroxyl groups is 1. The zero-order valence-corrected chi connectivity index (χ0v) is 16.7. The Balaban J connectivity index is 1.86. The quantitative estimate of drug-likeness (QED) is 0.381.